The Balaban J connectivity index is 1.53. The van der Waals surface area contributed by atoms with E-state index in [9.17, 15) is 19.4 Å². The summed E-state index contributed by atoms with van der Waals surface area (Å²) < 4.78 is 13.9. The average Bonchev–Trinajstić information content (AvgIpc) is 3.05. The number of carbonyl (C=O) groups is 1. The molecule has 1 heterocycles. The van der Waals surface area contributed by atoms with Gasteiger partial charge in [-0.25, -0.2) is 4.39 Å². The van der Waals surface area contributed by atoms with Crippen LogP contribution in [0, 0.1) is 5.82 Å². The Morgan fingerprint density at radius 1 is 1.12 bits per heavy atom. The van der Waals surface area contributed by atoms with E-state index in [-0.39, 0.29) is 24.8 Å². The van der Waals surface area contributed by atoms with E-state index in [1.807, 2.05) is 0 Å². The van der Waals surface area contributed by atoms with Crippen LogP contribution in [-0.4, -0.2) is 51.9 Å². The Morgan fingerprint density at radius 2 is 1.85 bits per heavy atom. The van der Waals surface area contributed by atoms with Crippen LogP contribution in [0.4, 0.5) is 4.39 Å². The molecule has 1 aliphatic heterocycles. The van der Waals surface area contributed by atoms with Gasteiger partial charge < -0.3 is 20.4 Å². The van der Waals surface area contributed by atoms with Gasteiger partial charge in [-0.1, -0.05) is 31.0 Å². The predicted octanol–water partition coefficient (Wildman–Crippen LogP) is 1.96. The number of rotatable bonds is 7. The minimum atomic E-state index is -1.46. The molecule has 26 heavy (non-hydrogen) atoms. The first-order valence-electron chi connectivity index (χ1n) is 9.60. The van der Waals surface area contributed by atoms with Gasteiger partial charge in [0.05, 0.1) is 5.60 Å². The fourth-order valence-corrected chi connectivity index (χ4v) is 4.11. The largest absolute Gasteiger partial charge is 0.390 e. The Morgan fingerprint density at radius 3 is 2.58 bits per heavy atom. The lowest BCUT2D eigenvalue weighted by molar-refractivity contribution is -0.157. The van der Waals surface area contributed by atoms with Crippen molar-refractivity contribution < 1.29 is 19.4 Å². The molecule has 144 valence electrons. The highest BCUT2D eigenvalue weighted by atomic mass is 19.1. The molecule has 1 saturated heterocycles. The zero-order valence-corrected chi connectivity index (χ0v) is 15.2. The summed E-state index contributed by atoms with van der Waals surface area (Å²) in [7, 11) is 0. The van der Waals surface area contributed by atoms with Crippen LogP contribution in [0.1, 0.15) is 50.5 Å². The number of hydrogen-bond donors (Lipinski definition) is 3. The van der Waals surface area contributed by atoms with E-state index in [2.05, 4.69) is 5.32 Å². The SMILES string of the molecule is O=C1N(Cc2ccccc2F)CCC[C@]1(O)CNCCC1(O)CCCC1. The number of piperidine rings is 1. The molecule has 1 aliphatic carbocycles. The van der Waals surface area contributed by atoms with Crippen LogP contribution in [0.2, 0.25) is 0 Å². The third-order valence-corrected chi connectivity index (χ3v) is 5.74. The molecule has 1 amide bonds. The topological polar surface area (TPSA) is 72.8 Å². The minimum absolute atomic E-state index is 0.162. The van der Waals surface area contributed by atoms with Gasteiger partial charge in [-0.15, -0.1) is 0 Å². The molecule has 3 N–H and O–H groups in total. The van der Waals surface area contributed by atoms with Gasteiger partial charge in [-0.2, -0.15) is 0 Å². The molecule has 1 atom stereocenters. The molecule has 1 aromatic carbocycles. The summed E-state index contributed by atoms with van der Waals surface area (Å²) in [6.45, 7) is 1.43. The first kappa shape index (κ1) is 19.3. The highest BCUT2D eigenvalue weighted by Crippen LogP contribution is 2.32. The smallest absolute Gasteiger partial charge is 0.256 e. The molecule has 2 aliphatic rings. The number of aliphatic hydroxyl groups is 2. The summed E-state index contributed by atoms with van der Waals surface area (Å²) in [5.41, 5.74) is -1.59. The minimum Gasteiger partial charge on any atom is -0.390 e. The van der Waals surface area contributed by atoms with Crippen molar-refractivity contribution in [2.24, 2.45) is 0 Å². The number of halogens is 1. The Kier molecular flexibility index (Phi) is 5.95. The Labute approximate surface area is 154 Å². The lowest BCUT2D eigenvalue weighted by Gasteiger charge is -2.38. The monoisotopic (exact) mass is 364 g/mol. The van der Waals surface area contributed by atoms with Crippen molar-refractivity contribution in [3.63, 3.8) is 0 Å². The average molecular weight is 364 g/mol. The molecule has 3 rings (SSSR count). The number of benzene rings is 1. The predicted molar refractivity (Wildman–Crippen MR) is 96.9 cm³/mol. The van der Waals surface area contributed by atoms with Crippen molar-refractivity contribution in [2.45, 2.75) is 62.7 Å². The fraction of sp³-hybridized carbons (Fsp3) is 0.650. The van der Waals surface area contributed by atoms with Crippen molar-refractivity contribution in [3.8, 4) is 0 Å². The molecule has 0 radical (unpaired) electrons. The number of hydrogen-bond acceptors (Lipinski definition) is 4. The molecule has 1 saturated carbocycles. The van der Waals surface area contributed by atoms with Crippen LogP contribution in [0.15, 0.2) is 24.3 Å². The lowest BCUT2D eigenvalue weighted by atomic mass is 9.91. The molecule has 2 fully saturated rings. The van der Waals surface area contributed by atoms with E-state index in [0.29, 0.717) is 37.9 Å². The second-order valence-corrected chi connectivity index (χ2v) is 7.81. The second-order valence-electron chi connectivity index (χ2n) is 7.81. The lowest BCUT2D eigenvalue weighted by Crippen LogP contribution is -2.58. The summed E-state index contributed by atoms with van der Waals surface area (Å²) in [5.74, 6) is -0.684. The molecular formula is C20H29FN2O3. The normalized spacial score (nSPS) is 25.7. The highest BCUT2D eigenvalue weighted by molar-refractivity contribution is 5.86. The molecule has 0 unspecified atom stereocenters. The van der Waals surface area contributed by atoms with Crippen molar-refractivity contribution in [1.29, 1.82) is 0 Å². The molecular weight excluding hydrogens is 335 g/mol. The summed E-state index contributed by atoms with van der Waals surface area (Å²) >= 11 is 0. The van der Waals surface area contributed by atoms with E-state index in [4.69, 9.17) is 0 Å². The standard InChI is InChI=1S/C20H29FN2O3/c21-17-7-2-1-6-16(17)14-23-13-5-10-20(26,18(23)24)15-22-12-11-19(25)8-3-4-9-19/h1-2,6-7,22,25-26H,3-5,8-15H2/t20-/m0/s1. The van der Waals surface area contributed by atoms with Gasteiger partial charge in [-0.3, -0.25) is 4.79 Å². The van der Waals surface area contributed by atoms with Crippen LogP contribution in [0.3, 0.4) is 0 Å². The molecule has 1 aromatic rings. The second kappa shape index (κ2) is 8.03. The van der Waals surface area contributed by atoms with E-state index >= 15 is 0 Å². The molecule has 0 bridgehead atoms. The third kappa shape index (κ3) is 4.42. The van der Waals surface area contributed by atoms with Gasteiger partial charge in [0, 0.05) is 25.2 Å². The number of nitrogens with zero attached hydrogens (tertiary/aromatic N) is 1. The highest BCUT2D eigenvalue weighted by Gasteiger charge is 2.42. The van der Waals surface area contributed by atoms with E-state index in [1.165, 1.54) is 11.0 Å². The molecule has 0 aromatic heterocycles. The van der Waals surface area contributed by atoms with Gasteiger partial charge in [0.2, 0.25) is 0 Å². The summed E-state index contributed by atoms with van der Waals surface area (Å²) in [5, 5.41) is 24.3. The quantitative estimate of drug-likeness (QED) is 0.647. The van der Waals surface area contributed by atoms with Gasteiger partial charge >= 0.3 is 0 Å². The first-order valence-corrected chi connectivity index (χ1v) is 9.60. The van der Waals surface area contributed by atoms with Gasteiger partial charge in [0.25, 0.3) is 5.91 Å². The van der Waals surface area contributed by atoms with Crippen molar-refractivity contribution in [2.75, 3.05) is 19.6 Å². The van der Waals surface area contributed by atoms with Gasteiger partial charge in [0.1, 0.15) is 5.82 Å². The van der Waals surface area contributed by atoms with Gasteiger partial charge in [-0.05, 0) is 44.7 Å². The summed E-state index contributed by atoms with van der Waals surface area (Å²) in [4.78, 5) is 14.3. The maximum absolute atomic E-state index is 13.9. The third-order valence-electron chi connectivity index (χ3n) is 5.74. The van der Waals surface area contributed by atoms with Crippen molar-refractivity contribution in [3.05, 3.63) is 35.6 Å². The zero-order valence-electron chi connectivity index (χ0n) is 15.2. The zero-order chi connectivity index (χ0) is 18.6. The summed E-state index contributed by atoms with van der Waals surface area (Å²) in [6, 6.07) is 6.41. The van der Waals surface area contributed by atoms with Crippen LogP contribution < -0.4 is 5.32 Å². The van der Waals surface area contributed by atoms with E-state index < -0.39 is 11.2 Å². The van der Waals surface area contributed by atoms with Crippen molar-refractivity contribution >= 4 is 5.91 Å². The Hall–Kier alpha value is -1.50. The number of amides is 1. The first-order chi connectivity index (χ1) is 12.4. The molecule has 5 nitrogen and oxygen atoms in total. The number of likely N-dealkylation sites (tertiary alicyclic amines) is 1. The fourth-order valence-electron chi connectivity index (χ4n) is 4.11. The van der Waals surface area contributed by atoms with Crippen LogP contribution in [-0.2, 0) is 11.3 Å². The van der Waals surface area contributed by atoms with Crippen LogP contribution >= 0.6 is 0 Å². The maximum atomic E-state index is 13.9. The van der Waals surface area contributed by atoms with Crippen molar-refractivity contribution in [1.82, 2.24) is 10.2 Å². The van der Waals surface area contributed by atoms with E-state index in [0.717, 1.165) is 25.7 Å². The molecule has 6 heteroatoms. The van der Waals surface area contributed by atoms with Crippen LogP contribution in [0.5, 0.6) is 0 Å². The van der Waals surface area contributed by atoms with Gasteiger partial charge in [0.15, 0.2) is 5.60 Å². The summed E-state index contributed by atoms with van der Waals surface area (Å²) in [6.07, 6.45) is 5.49. The molecule has 0 spiro atoms. The van der Waals surface area contributed by atoms with E-state index in [1.54, 1.807) is 18.2 Å². The van der Waals surface area contributed by atoms with Crippen LogP contribution in [0.25, 0.3) is 0 Å². The Bertz CT molecular complexity index is 633. The number of carbonyl (C=O) groups excluding carboxylic acids is 1. The maximum Gasteiger partial charge on any atom is 0.256 e. The number of nitrogens with one attached hydrogen (secondary N) is 1.